The molecule has 4 rings (SSSR count). The van der Waals surface area contributed by atoms with E-state index < -0.39 is 0 Å². The standard InChI is InChI=1S/C20H21N3O3/c1-25-15-5-4-6-16(11-15)26-20(24)14-9-10-19(21-12-14)23-13-22-17-7-2-3-8-18(17)23/h2-3,7-10,12-13,15-16H,4-6,11H2,1H3/t15-,16-/m1/s1. The van der Waals surface area contributed by atoms with Crippen molar-refractivity contribution in [2.24, 2.45) is 0 Å². The molecule has 0 saturated heterocycles. The van der Waals surface area contributed by atoms with E-state index in [-0.39, 0.29) is 18.2 Å². The van der Waals surface area contributed by atoms with E-state index in [0.717, 1.165) is 36.7 Å². The van der Waals surface area contributed by atoms with Gasteiger partial charge in [0.2, 0.25) is 0 Å². The highest BCUT2D eigenvalue weighted by molar-refractivity contribution is 5.89. The third kappa shape index (κ3) is 3.32. The van der Waals surface area contributed by atoms with Crippen LogP contribution in [0.25, 0.3) is 16.9 Å². The minimum atomic E-state index is -0.332. The van der Waals surface area contributed by atoms with Crippen molar-refractivity contribution in [3.8, 4) is 5.82 Å². The van der Waals surface area contributed by atoms with E-state index in [9.17, 15) is 4.79 Å². The predicted molar refractivity (Wildman–Crippen MR) is 97.3 cm³/mol. The van der Waals surface area contributed by atoms with Gasteiger partial charge >= 0.3 is 5.97 Å². The summed E-state index contributed by atoms with van der Waals surface area (Å²) < 4.78 is 12.9. The number of pyridine rings is 1. The van der Waals surface area contributed by atoms with Gasteiger partial charge in [-0.15, -0.1) is 0 Å². The molecule has 134 valence electrons. The summed E-state index contributed by atoms with van der Waals surface area (Å²) in [7, 11) is 1.71. The topological polar surface area (TPSA) is 66.2 Å². The van der Waals surface area contributed by atoms with Gasteiger partial charge in [-0.2, -0.15) is 0 Å². The molecule has 26 heavy (non-hydrogen) atoms. The number of hydrogen-bond acceptors (Lipinski definition) is 5. The molecular formula is C20H21N3O3. The summed E-state index contributed by atoms with van der Waals surface area (Å²) in [5.74, 6) is 0.383. The van der Waals surface area contributed by atoms with Gasteiger partial charge in [0.05, 0.1) is 22.7 Å². The smallest absolute Gasteiger partial charge is 0.339 e. The molecule has 1 fully saturated rings. The minimum absolute atomic E-state index is 0.0848. The lowest BCUT2D eigenvalue weighted by Gasteiger charge is -2.27. The molecule has 0 radical (unpaired) electrons. The molecule has 0 aliphatic heterocycles. The number of carbonyl (C=O) groups is 1. The normalized spacial score (nSPS) is 20.2. The number of fused-ring (bicyclic) bond motifs is 1. The molecule has 3 aromatic rings. The summed E-state index contributed by atoms with van der Waals surface area (Å²) in [4.78, 5) is 21.2. The van der Waals surface area contributed by atoms with Gasteiger partial charge in [-0.3, -0.25) is 4.57 Å². The second-order valence-electron chi connectivity index (χ2n) is 6.56. The maximum atomic E-state index is 12.4. The molecular weight excluding hydrogens is 330 g/mol. The highest BCUT2D eigenvalue weighted by Gasteiger charge is 2.25. The second-order valence-corrected chi connectivity index (χ2v) is 6.56. The number of esters is 1. The first kappa shape index (κ1) is 16.7. The number of imidazole rings is 1. The zero-order chi connectivity index (χ0) is 17.9. The van der Waals surface area contributed by atoms with E-state index in [1.54, 1.807) is 25.7 Å². The molecule has 1 aliphatic carbocycles. The maximum Gasteiger partial charge on any atom is 0.339 e. The van der Waals surface area contributed by atoms with Crippen LogP contribution in [-0.4, -0.2) is 39.8 Å². The molecule has 2 atom stereocenters. The summed E-state index contributed by atoms with van der Waals surface area (Å²) in [5.41, 5.74) is 2.34. The van der Waals surface area contributed by atoms with Crippen LogP contribution in [0.2, 0.25) is 0 Å². The summed E-state index contributed by atoms with van der Waals surface area (Å²) in [6.07, 6.45) is 7.07. The van der Waals surface area contributed by atoms with Gasteiger partial charge in [-0.25, -0.2) is 14.8 Å². The first-order valence-corrected chi connectivity index (χ1v) is 8.87. The minimum Gasteiger partial charge on any atom is -0.459 e. The largest absolute Gasteiger partial charge is 0.459 e. The monoisotopic (exact) mass is 351 g/mol. The number of ether oxygens (including phenoxy) is 2. The average Bonchev–Trinajstić information content (AvgIpc) is 3.12. The number of hydrogen-bond donors (Lipinski definition) is 0. The lowest BCUT2D eigenvalue weighted by molar-refractivity contribution is -0.0149. The highest BCUT2D eigenvalue weighted by Crippen LogP contribution is 2.24. The van der Waals surface area contributed by atoms with Crippen LogP contribution >= 0.6 is 0 Å². The van der Waals surface area contributed by atoms with E-state index in [1.807, 2.05) is 34.9 Å². The quantitative estimate of drug-likeness (QED) is 0.673. The zero-order valence-corrected chi connectivity index (χ0v) is 14.7. The van der Waals surface area contributed by atoms with Gasteiger partial charge in [0.1, 0.15) is 18.2 Å². The van der Waals surface area contributed by atoms with E-state index in [1.165, 1.54) is 0 Å². The van der Waals surface area contributed by atoms with Crippen molar-refractivity contribution in [2.45, 2.75) is 37.9 Å². The fourth-order valence-corrected chi connectivity index (χ4v) is 3.43. The van der Waals surface area contributed by atoms with E-state index >= 15 is 0 Å². The van der Waals surface area contributed by atoms with Crippen molar-refractivity contribution >= 4 is 17.0 Å². The van der Waals surface area contributed by atoms with Crippen molar-refractivity contribution in [1.82, 2.24) is 14.5 Å². The molecule has 0 amide bonds. The van der Waals surface area contributed by atoms with Crippen molar-refractivity contribution in [3.05, 3.63) is 54.5 Å². The van der Waals surface area contributed by atoms with Crippen LogP contribution in [0.4, 0.5) is 0 Å². The molecule has 0 unspecified atom stereocenters. The average molecular weight is 351 g/mol. The van der Waals surface area contributed by atoms with Crippen LogP contribution in [0.3, 0.4) is 0 Å². The third-order valence-corrected chi connectivity index (χ3v) is 4.87. The van der Waals surface area contributed by atoms with Crippen LogP contribution in [0.1, 0.15) is 36.0 Å². The van der Waals surface area contributed by atoms with Gasteiger partial charge in [0.15, 0.2) is 0 Å². The summed E-state index contributed by atoms with van der Waals surface area (Å²) in [5, 5.41) is 0. The first-order chi connectivity index (χ1) is 12.7. The second kappa shape index (κ2) is 7.25. The number of aromatic nitrogens is 3. The summed E-state index contributed by atoms with van der Waals surface area (Å²) >= 11 is 0. The maximum absolute atomic E-state index is 12.4. The van der Waals surface area contributed by atoms with Crippen LogP contribution in [0.15, 0.2) is 48.9 Å². The highest BCUT2D eigenvalue weighted by atomic mass is 16.5. The number of rotatable bonds is 4. The lowest BCUT2D eigenvalue weighted by Crippen LogP contribution is -2.29. The van der Waals surface area contributed by atoms with Crippen molar-refractivity contribution in [1.29, 1.82) is 0 Å². The van der Waals surface area contributed by atoms with Crippen LogP contribution in [0.5, 0.6) is 0 Å². The fraction of sp³-hybridized carbons (Fsp3) is 0.350. The summed E-state index contributed by atoms with van der Waals surface area (Å²) in [6, 6.07) is 11.4. The number of carbonyl (C=O) groups excluding carboxylic acids is 1. The number of methoxy groups -OCH3 is 1. The SMILES string of the molecule is CO[C@@H]1CCC[C@@H](OC(=O)c2ccc(-n3cnc4ccccc43)nc2)C1. The Balaban J connectivity index is 1.48. The Bertz CT molecular complexity index is 904. The van der Waals surface area contributed by atoms with Gasteiger partial charge in [-0.1, -0.05) is 12.1 Å². The van der Waals surface area contributed by atoms with E-state index in [0.29, 0.717) is 11.4 Å². The van der Waals surface area contributed by atoms with Crippen LogP contribution < -0.4 is 0 Å². The molecule has 2 aromatic heterocycles. The Morgan fingerprint density at radius 1 is 1.12 bits per heavy atom. The Morgan fingerprint density at radius 3 is 2.77 bits per heavy atom. The first-order valence-electron chi connectivity index (χ1n) is 8.87. The van der Waals surface area contributed by atoms with Gasteiger partial charge in [0.25, 0.3) is 0 Å². The molecule has 0 N–H and O–H groups in total. The molecule has 0 bridgehead atoms. The molecule has 6 heteroatoms. The molecule has 1 aromatic carbocycles. The van der Waals surface area contributed by atoms with Crippen molar-refractivity contribution < 1.29 is 14.3 Å². The Morgan fingerprint density at radius 2 is 1.96 bits per heavy atom. The van der Waals surface area contributed by atoms with Gasteiger partial charge < -0.3 is 9.47 Å². The zero-order valence-electron chi connectivity index (χ0n) is 14.7. The molecule has 0 spiro atoms. The van der Waals surface area contributed by atoms with Crippen molar-refractivity contribution in [3.63, 3.8) is 0 Å². The Labute approximate surface area is 151 Å². The Kier molecular flexibility index (Phi) is 4.67. The number of nitrogens with zero attached hydrogens (tertiary/aromatic N) is 3. The van der Waals surface area contributed by atoms with Gasteiger partial charge in [-0.05, 0) is 43.5 Å². The van der Waals surface area contributed by atoms with Crippen molar-refractivity contribution in [2.75, 3.05) is 7.11 Å². The number of para-hydroxylation sites is 2. The molecule has 2 heterocycles. The third-order valence-electron chi connectivity index (χ3n) is 4.87. The molecule has 1 saturated carbocycles. The lowest BCUT2D eigenvalue weighted by atomic mass is 9.95. The number of benzene rings is 1. The van der Waals surface area contributed by atoms with E-state index in [2.05, 4.69) is 9.97 Å². The Hall–Kier alpha value is -2.73. The predicted octanol–water partition coefficient (Wildman–Crippen LogP) is 3.53. The fourth-order valence-electron chi connectivity index (χ4n) is 3.43. The van der Waals surface area contributed by atoms with E-state index in [4.69, 9.17) is 9.47 Å². The molecule has 1 aliphatic rings. The van der Waals surface area contributed by atoms with Crippen LogP contribution in [-0.2, 0) is 9.47 Å². The van der Waals surface area contributed by atoms with Crippen LogP contribution in [0, 0.1) is 0 Å². The molecule has 6 nitrogen and oxygen atoms in total. The summed E-state index contributed by atoms with van der Waals surface area (Å²) in [6.45, 7) is 0. The van der Waals surface area contributed by atoms with Gasteiger partial charge in [0, 0.05) is 19.7 Å².